The van der Waals surface area contributed by atoms with Crippen LogP contribution >= 0.6 is 12.4 Å². The second-order valence-corrected chi connectivity index (χ2v) is 7.73. The van der Waals surface area contributed by atoms with Crippen LogP contribution in [0.15, 0.2) is 84.9 Å². The Labute approximate surface area is 173 Å². The van der Waals surface area contributed by atoms with Crippen molar-refractivity contribution in [2.45, 2.75) is 24.4 Å². The number of piperidine rings is 1. The Kier molecular flexibility index (Phi) is 5.43. The third-order valence-electron chi connectivity index (χ3n) is 6.21. The molecule has 2 aliphatic heterocycles. The predicted molar refractivity (Wildman–Crippen MR) is 116 cm³/mol. The van der Waals surface area contributed by atoms with Crippen LogP contribution in [0.4, 0.5) is 0 Å². The van der Waals surface area contributed by atoms with Gasteiger partial charge in [0, 0.05) is 37.5 Å². The third kappa shape index (κ3) is 3.32. The molecule has 0 radical (unpaired) electrons. The maximum absolute atomic E-state index is 6.67. The van der Waals surface area contributed by atoms with E-state index in [1.165, 1.54) is 16.7 Å². The van der Waals surface area contributed by atoms with Gasteiger partial charge < -0.3 is 9.64 Å². The molecule has 2 aliphatic rings. The van der Waals surface area contributed by atoms with E-state index in [-0.39, 0.29) is 18.0 Å². The smallest absolute Gasteiger partial charge is 0.143 e. The zero-order chi connectivity index (χ0) is 18.1. The molecule has 3 aromatic carbocycles. The summed E-state index contributed by atoms with van der Waals surface area (Å²) in [4.78, 5) is 2.62. The number of ether oxygens (including phenoxy) is 1. The van der Waals surface area contributed by atoms with Crippen molar-refractivity contribution in [3.63, 3.8) is 0 Å². The topological polar surface area (TPSA) is 12.5 Å². The number of halogens is 1. The van der Waals surface area contributed by atoms with Crippen molar-refractivity contribution in [1.82, 2.24) is 4.90 Å². The quantitative estimate of drug-likeness (QED) is 0.588. The molecule has 0 aliphatic carbocycles. The average molecular weight is 392 g/mol. The molecule has 3 aromatic rings. The van der Waals surface area contributed by atoms with Gasteiger partial charge in [0.2, 0.25) is 0 Å². The Morgan fingerprint density at radius 1 is 0.857 bits per heavy atom. The molecule has 0 spiro atoms. The lowest BCUT2D eigenvalue weighted by atomic mass is 9.74. The molecule has 5 rings (SSSR count). The maximum atomic E-state index is 6.67. The Hall–Kier alpha value is -2.29. The maximum Gasteiger partial charge on any atom is 0.143 e. The second kappa shape index (κ2) is 7.98. The molecule has 2 unspecified atom stereocenters. The van der Waals surface area contributed by atoms with E-state index < -0.39 is 0 Å². The fourth-order valence-corrected chi connectivity index (χ4v) is 4.78. The molecule has 0 N–H and O–H groups in total. The molecule has 3 heteroatoms. The fraction of sp³-hybridized carbons (Fsp3) is 0.280. The molecule has 1 saturated heterocycles. The minimum absolute atomic E-state index is 0. The average Bonchev–Trinajstić information content (AvgIpc) is 3.09. The summed E-state index contributed by atoms with van der Waals surface area (Å²) in [5.41, 5.74) is 3.88. The number of likely N-dealkylation sites (tertiary alicyclic amines) is 1. The van der Waals surface area contributed by atoms with Crippen molar-refractivity contribution >= 4 is 12.4 Å². The normalized spacial score (nSPS) is 23.2. The predicted octanol–water partition coefficient (Wildman–Crippen LogP) is 5.43. The molecule has 0 bridgehead atoms. The van der Waals surface area contributed by atoms with E-state index in [4.69, 9.17) is 4.74 Å². The molecule has 28 heavy (non-hydrogen) atoms. The number of fused-ring (bicyclic) bond motifs is 3. The van der Waals surface area contributed by atoms with Crippen LogP contribution in [0.2, 0.25) is 0 Å². The molecule has 2 atom stereocenters. The highest BCUT2D eigenvalue weighted by Gasteiger charge is 2.52. The zero-order valence-electron chi connectivity index (χ0n) is 16.0. The Morgan fingerprint density at radius 3 is 2.32 bits per heavy atom. The van der Waals surface area contributed by atoms with Gasteiger partial charge in [-0.05, 0) is 23.6 Å². The summed E-state index contributed by atoms with van der Waals surface area (Å²) >= 11 is 0. The second-order valence-electron chi connectivity index (χ2n) is 7.73. The van der Waals surface area contributed by atoms with Crippen LogP contribution in [0.25, 0.3) is 0 Å². The molecule has 0 saturated carbocycles. The lowest BCUT2D eigenvalue weighted by Gasteiger charge is -2.43. The molecule has 2 heterocycles. The van der Waals surface area contributed by atoms with Gasteiger partial charge in [-0.25, -0.2) is 0 Å². The van der Waals surface area contributed by atoms with Crippen LogP contribution in [0.1, 0.15) is 29.0 Å². The van der Waals surface area contributed by atoms with E-state index in [9.17, 15) is 0 Å². The van der Waals surface area contributed by atoms with Crippen molar-refractivity contribution in [3.8, 4) is 5.75 Å². The van der Waals surface area contributed by atoms with Crippen molar-refractivity contribution in [2.75, 3.05) is 19.6 Å². The highest BCUT2D eigenvalue weighted by atomic mass is 35.5. The summed E-state index contributed by atoms with van der Waals surface area (Å²) < 4.78 is 6.67. The summed E-state index contributed by atoms with van der Waals surface area (Å²) in [7, 11) is 0. The number of rotatable bonds is 4. The van der Waals surface area contributed by atoms with E-state index in [0.717, 1.165) is 38.2 Å². The number of benzene rings is 3. The minimum atomic E-state index is -0.214. The van der Waals surface area contributed by atoms with E-state index in [1.807, 2.05) is 0 Å². The summed E-state index contributed by atoms with van der Waals surface area (Å²) in [6.45, 7) is 3.23. The Balaban J connectivity index is 0.00000192. The van der Waals surface area contributed by atoms with Gasteiger partial charge in [-0.3, -0.25) is 0 Å². The first-order valence-corrected chi connectivity index (χ1v) is 9.95. The van der Waals surface area contributed by atoms with Crippen molar-refractivity contribution < 1.29 is 4.74 Å². The summed E-state index contributed by atoms with van der Waals surface area (Å²) in [6, 6.07) is 30.3. The van der Waals surface area contributed by atoms with Crippen LogP contribution in [-0.4, -0.2) is 24.5 Å². The molecule has 0 aromatic heterocycles. The molecular formula is C25H26ClNO. The van der Waals surface area contributed by atoms with Gasteiger partial charge in [0.15, 0.2) is 0 Å². The van der Waals surface area contributed by atoms with Gasteiger partial charge in [-0.1, -0.05) is 78.9 Å². The van der Waals surface area contributed by atoms with E-state index in [0.29, 0.717) is 5.92 Å². The summed E-state index contributed by atoms with van der Waals surface area (Å²) in [5, 5.41) is 0. The highest BCUT2D eigenvalue weighted by molar-refractivity contribution is 5.85. The highest BCUT2D eigenvalue weighted by Crippen LogP contribution is 2.54. The van der Waals surface area contributed by atoms with Gasteiger partial charge in [-0.15, -0.1) is 12.4 Å². The van der Waals surface area contributed by atoms with Crippen molar-refractivity contribution in [1.29, 1.82) is 0 Å². The van der Waals surface area contributed by atoms with Gasteiger partial charge in [0.25, 0.3) is 0 Å². The fourth-order valence-electron chi connectivity index (χ4n) is 4.78. The van der Waals surface area contributed by atoms with Gasteiger partial charge >= 0.3 is 0 Å². The molecular weight excluding hydrogens is 366 g/mol. The summed E-state index contributed by atoms with van der Waals surface area (Å²) in [5.74, 6) is 1.46. The van der Waals surface area contributed by atoms with Crippen LogP contribution in [0.5, 0.6) is 5.75 Å². The third-order valence-corrected chi connectivity index (χ3v) is 6.21. The van der Waals surface area contributed by atoms with E-state index in [2.05, 4.69) is 89.8 Å². The first kappa shape index (κ1) is 19.0. The zero-order valence-corrected chi connectivity index (χ0v) is 16.8. The Bertz CT molecular complexity index is 914. The molecule has 144 valence electrons. The number of hydrogen-bond acceptors (Lipinski definition) is 2. The number of hydrogen-bond donors (Lipinski definition) is 0. The van der Waals surface area contributed by atoms with E-state index >= 15 is 0 Å². The number of para-hydroxylation sites is 1. The molecule has 0 amide bonds. The monoisotopic (exact) mass is 391 g/mol. The number of nitrogens with zero attached hydrogens (tertiary/aromatic N) is 1. The van der Waals surface area contributed by atoms with Gasteiger partial charge in [-0.2, -0.15) is 0 Å². The van der Waals surface area contributed by atoms with Crippen LogP contribution in [0.3, 0.4) is 0 Å². The van der Waals surface area contributed by atoms with Gasteiger partial charge in [0.05, 0.1) is 0 Å². The van der Waals surface area contributed by atoms with Crippen LogP contribution < -0.4 is 4.74 Å². The summed E-state index contributed by atoms with van der Waals surface area (Å²) in [6.07, 6.45) is 2.14. The SMILES string of the molecule is Cl.c1ccc(CCN2CCC3(c4ccccc4)Oc4ccccc4C3C2)cc1. The van der Waals surface area contributed by atoms with Gasteiger partial charge in [0.1, 0.15) is 11.4 Å². The van der Waals surface area contributed by atoms with Crippen LogP contribution in [0, 0.1) is 0 Å². The minimum Gasteiger partial charge on any atom is -0.482 e. The standard InChI is InChI=1S/C25H25NO.ClH/c1-3-9-20(10-4-1)15-17-26-18-16-25(21-11-5-2-6-12-21)23(19-26)22-13-7-8-14-24(22)27-25;/h1-14,23H,15-19H2;1H. The molecule has 1 fully saturated rings. The first-order valence-electron chi connectivity index (χ1n) is 9.95. The van der Waals surface area contributed by atoms with Crippen LogP contribution in [-0.2, 0) is 12.0 Å². The van der Waals surface area contributed by atoms with Crippen molar-refractivity contribution in [3.05, 3.63) is 102 Å². The lowest BCUT2D eigenvalue weighted by Crippen LogP contribution is -2.49. The first-order chi connectivity index (χ1) is 13.4. The largest absolute Gasteiger partial charge is 0.482 e. The molecule has 2 nitrogen and oxygen atoms in total. The Morgan fingerprint density at radius 2 is 1.54 bits per heavy atom. The van der Waals surface area contributed by atoms with Crippen molar-refractivity contribution in [2.24, 2.45) is 0 Å². The van der Waals surface area contributed by atoms with E-state index in [1.54, 1.807) is 0 Å². The lowest BCUT2D eigenvalue weighted by molar-refractivity contribution is 0.000174.